The number of allylic oxidation sites excluding steroid dienone is 1. The van der Waals surface area contributed by atoms with E-state index in [2.05, 4.69) is 0 Å². The van der Waals surface area contributed by atoms with Gasteiger partial charge in [0.1, 0.15) is 5.75 Å². The molecule has 0 aliphatic carbocycles. The van der Waals surface area contributed by atoms with Gasteiger partial charge in [0, 0.05) is 5.02 Å². The fraction of sp³-hybridized carbons (Fsp3) is 0. The summed E-state index contributed by atoms with van der Waals surface area (Å²) in [7, 11) is 0. The van der Waals surface area contributed by atoms with Gasteiger partial charge in [-0.05, 0) is 35.9 Å². The van der Waals surface area contributed by atoms with E-state index < -0.39 is 0 Å². The minimum atomic E-state index is -0.256. The number of hydrogen-bond acceptors (Lipinski definition) is 2. The third-order valence-corrected chi connectivity index (χ3v) is 2.83. The molecule has 3 heteroatoms. The number of hydrogen-bond donors (Lipinski definition) is 1. The van der Waals surface area contributed by atoms with Crippen LogP contribution in [0.1, 0.15) is 15.9 Å². The summed E-state index contributed by atoms with van der Waals surface area (Å²) in [5, 5.41) is 10.1. The second-order valence-corrected chi connectivity index (χ2v) is 4.14. The van der Waals surface area contributed by atoms with Gasteiger partial charge in [-0.2, -0.15) is 0 Å². The van der Waals surface area contributed by atoms with Crippen LogP contribution in [0.4, 0.5) is 0 Å². The van der Waals surface area contributed by atoms with Crippen molar-refractivity contribution in [1.29, 1.82) is 0 Å². The van der Waals surface area contributed by atoms with Crippen LogP contribution in [0.3, 0.4) is 0 Å². The highest BCUT2D eigenvalue weighted by Crippen LogP contribution is 2.19. The zero-order chi connectivity index (χ0) is 13.0. The van der Waals surface area contributed by atoms with E-state index in [-0.39, 0.29) is 17.1 Å². The van der Waals surface area contributed by atoms with Gasteiger partial charge in [0.05, 0.1) is 5.56 Å². The first-order chi connectivity index (χ1) is 8.68. The molecule has 0 saturated heterocycles. The van der Waals surface area contributed by atoms with Gasteiger partial charge in [-0.15, -0.1) is 0 Å². The molecule has 0 radical (unpaired) electrons. The van der Waals surface area contributed by atoms with E-state index in [0.717, 1.165) is 5.56 Å². The van der Waals surface area contributed by atoms with Crippen molar-refractivity contribution in [2.45, 2.75) is 0 Å². The molecule has 0 fully saturated rings. The van der Waals surface area contributed by atoms with E-state index in [9.17, 15) is 9.90 Å². The topological polar surface area (TPSA) is 37.3 Å². The van der Waals surface area contributed by atoms with Gasteiger partial charge < -0.3 is 5.11 Å². The average Bonchev–Trinajstić information content (AvgIpc) is 2.38. The number of rotatable bonds is 3. The van der Waals surface area contributed by atoms with Crippen molar-refractivity contribution in [3.05, 3.63) is 70.8 Å². The molecular weight excluding hydrogens is 248 g/mol. The van der Waals surface area contributed by atoms with Crippen molar-refractivity contribution in [2.75, 3.05) is 0 Å². The Morgan fingerprint density at radius 2 is 1.72 bits per heavy atom. The largest absolute Gasteiger partial charge is 0.507 e. The maximum atomic E-state index is 11.9. The quantitative estimate of drug-likeness (QED) is 0.669. The molecule has 0 aliphatic rings. The van der Waals surface area contributed by atoms with Crippen LogP contribution in [0.2, 0.25) is 5.02 Å². The maximum absolute atomic E-state index is 11.9. The summed E-state index contributed by atoms with van der Waals surface area (Å²) >= 11 is 5.97. The third kappa shape index (κ3) is 2.79. The molecule has 0 atom stereocenters. The van der Waals surface area contributed by atoms with Crippen LogP contribution in [0.25, 0.3) is 6.08 Å². The SMILES string of the molecule is O=C(/C=C\c1ccccc1Cl)c1ccccc1O. The van der Waals surface area contributed by atoms with Crippen molar-refractivity contribution in [3.63, 3.8) is 0 Å². The lowest BCUT2D eigenvalue weighted by atomic mass is 10.1. The first kappa shape index (κ1) is 12.4. The number of ketones is 1. The summed E-state index contributed by atoms with van der Waals surface area (Å²) < 4.78 is 0. The predicted octanol–water partition coefficient (Wildman–Crippen LogP) is 3.94. The standard InChI is InChI=1S/C15H11ClO2/c16-13-7-3-1-5-11(13)9-10-15(18)12-6-2-4-8-14(12)17/h1-10,17H/b10-9-. The van der Waals surface area contributed by atoms with E-state index in [1.807, 2.05) is 18.2 Å². The van der Waals surface area contributed by atoms with Crippen molar-refractivity contribution in [1.82, 2.24) is 0 Å². The fourth-order valence-electron chi connectivity index (χ4n) is 1.55. The Kier molecular flexibility index (Phi) is 3.80. The van der Waals surface area contributed by atoms with Crippen molar-refractivity contribution in [3.8, 4) is 5.75 Å². The van der Waals surface area contributed by atoms with Crippen molar-refractivity contribution >= 4 is 23.5 Å². The molecule has 90 valence electrons. The van der Waals surface area contributed by atoms with Gasteiger partial charge in [0.2, 0.25) is 0 Å². The molecule has 1 N–H and O–H groups in total. The van der Waals surface area contributed by atoms with Gasteiger partial charge in [-0.25, -0.2) is 0 Å². The lowest BCUT2D eigenvalue weighted by Crippen LogP contribution is -1.94. The first-order valence-corrected chi connectivity index (χ1v) is 5.81. The molecule has 2 aromatic carbocycles. The minimum absolute atomic E-state index is 0.0219. The molecular formula is C15H11ClO2. The summed E-state index contributed by atoms with van der Waals surface area (Å²) in [5.41, 5.74) is 1.05. The molecule has 0 amide bonds. The zero-order valence-electron chi connectivity index (χ0n) is 9.51. The Morgan fingerprint density at radius 1 is 1.06 bits per heavy atom. The van der Waals surface area contributed by atoms with E-state index in [4.69, 9.17) is 11.6 Å². The first-order valence-electron chi connectivity index (χ1n) is 5.43. The number of phenolic OH excluding ortho intramolecular Hbond substituents is 1. The molecule has 18 heavy (non-hydrogen) atoms. The number of carbonyl (C=O) groups is 1. The number of phenols is 1. The molecule has 2 rings (SSSR count). The summed E-state index contributed by atoms with van der Waals surface area (Å²) in [6.45, 7) is 0. The van der Waals surface area contributed by atoms with Gasteiger partial charge in [-0.3, -0.25) is 4.79 Å². The van der Waals surface area contributed by atoms with Crippen molar-refractivity contribution < 1.29 is 9.90 Å². The molecule has 0 spiro atoms. The van der Waals surface area contributed by atoms with Crippen LogP contribution in [0, 0.1) is 0 Å². The molecule has 0 aliphatic heterocycles. The van der Waals surface area contributed by atoms with Gasteiger partial charge >= 0.3 is 0 Å². The van der Waals surface area contributed by atoms with Gasteiger partial charge in [0.15, 0.2) is 5.78 Å². The van der Waals surface area contributed by atoms with Crippen LogP contribution >= 0.6 is 11.6 Å². The molecule has 0 bridgehead atoms. The molecule has 2 nitrogen and oxygen atoms in total. The summed E-state index contributed by atoms with van der Waals surface area (Å²) in [5.74, 6) is -0.278. The van der Waals surface area contributed by atoms with Crippen LogP contribution < -0.4 is 0 Å². The van der Waals surface area contributed by atoms with Gasteiger partial charge in [0.25, 0.3) is 0 Å². The lowest BCUT2D eigenvalue weighted by molar-refractivity contribution is 0.104. The smallest absolute Gasteiger partial charge is 0.189 e. The number of carbonyl (C=O) groups excluding carboxylic acids is 1. The number of halogens is 1. The molecule has 2 aromatic rings. The molecule has 0 unspecified atom stereocenters. The van der Waals surface area contributed by atoms with E-state index in [0.29, 0.717) is 5.02 Å². The Labute approximate surface area is 110 Å². The fourth-order valence-corrected chi connectivity index (χ4v) is 1.75. The second kappa shape index (κ2) is 5.52. The maximum Gasteiger partial charge on any atom is 0.189 e. The summed E-state index contributed by atoms with van der Waals surface area (Å²) in [6.07, 6.45) is 3.04. The van der Waals surface area contributed by atoms with Crippen LogP contribution in [-0.2, 0) is 0 Å². The minimum Gasteiger partial charge on any atom is -0.507 e. The second-order valence-electron chi connectivity index (χ2n) is 3.74. The Morgan fingerprint density at radius 3 is 2.44 bits per heavy atom. The lowest BCUT2D eigenvalue weighted by Gasteiger charge is -1.99. The van der Waals surface area contributed by atoms with Crippen LogP contribution in [-0.4, -0.2) is 10.9 Å². The van der Waals surface area contributed by atoms with Crippen molar-refractivity contribution in [2.24, 2.45) is 0 Å². The number of para-hydroxylation sites is 1. The van der Waals surface area contributed by atoms with E-state index >= 15 is 0 Å². The summed E-state index contributed by atoms with van der Waals surface area (Å²) in [4.78, 5) is 11.9. The highest BCUT2D eigenvalue weighted by atomic mass is 35.5. The summed E-state index contributed by atoms with van der Waals surface area (Å²) in [6, 6.07) is 13.7. The molecule has 0 heterocycles. The molecule has 0 aromatic heterocycles. The highest BCUT2D eigenvalue weighted by molar-refractivity contribution is 6.32. The van der Waals surface area contributed by atoms with Gasteiger partial charge in [-0.1, -0.05) is 41.9 Å². The Bertz CT molecular complexity index is 603. The zero-order valence-corrected chi connectivity index (χ0v) is 10.3. The number of benzene rings is 2. The highest BCUT2D eigenvalue weighted by Gasteiger charge is 2.06. The van der Waals surface area contributed by atoms with E-state index in [1.54, 1.807) is 30.3 Å². The van der Waals surface area contributed by atoms with Crippen LogP contribution in [0.5, 0.6) is 5.75 Å². The molecule has 0 saturated carbocycles. The Balaban J connectivity index is 2.23. The van der Waals surface area contributed by atoms with E-state index in [1.165, 1.54) is 12.1 Å². The average molecular weight is 259 g/mol. The Hall–Kier alpha value is -2.06. The monoisotopic (exact) mass is 258 g/mol. The normalized spacial score (nSPS) is 10.7. The predicted molar refractivity (Wildman–Crippen MR) is 72.9 cm³/mol. The third-order valence-electron chi connectivity index (χ3n) is 2.49. The number of aromatic hydroxyl groups is 1. The van der Waals surface area contributed by atoms with Crippen LogP contribution in [0.15, 0.2) is 54.6 Å².